The monoisotopic (exact) mass is 2730 g/mol. The Kier molecular flexibility index (Phi) is 36.2. The summed E-state index contributed by atoms with van der Waals surface area (Å²) < 4.78 is 0. The Bertz CT molecular complexity index is 8790. The Labute approximate surface area is 945 Å². The standard InChI is InChI=1S/C34H23N2OS.3C32H21N2OS.4Pt/c37-33-17-8-7-16-30(33)32-22-28(25-12-5-2-6-13-25)21-31(36-32)27-14-9-15-29(20-27)38-34-23-26(18-19-35-34)24-10-3-1-4-11-24;35-31-16-7-6-15-28(31)30-21-25(22-9-2-1-3-10-22)20-29(34-30)24-12-8-13-26(19-24)36-32-27-14-5-4-11-23(27)17-18-33-32;35-30-16-7-6-15-28(30)31-26(22-9-2-1-3-10-22)17-18-29(34-31)24-12-8-13-25(21-24)36-32-27-14-5-4-11-23(27)19-20-33-32;35-31-16-7-6-15-28(31)30-19-26(22-9-2-1-3-10-22)18-29(34-30)24-13-8-14-27(17-24)36-32-20-23-11-4-5-12-25(23)21-33-32;;;;/h1-19,21-23,37H;1-18,20-21,35H;1-20,35H;1-16,18-21,35H;;;;/q4*-1;;;;. The maximum Gasteiger partial charge on any atom is 0.124 e. The molecule has 0 spiro atoms. The van der Waals surface area contributed by atoms with Crippen molar-refractivity contribution in [1.29, 1.82) is 0 Å². The van der Waals surface area contributed by atoms with Gasteiger partial charge in [0.15, 0.2) is 0 Å². The molecule has 0 unspecified atom stereocenters. The number of nitrogens with zero attached hydrogens (tertiary/aromatic N) is 8. The molecule has 24 rings (SSSR count). The molecule has 0 atom stereocenters. The van der Waals surface area contributed by atoms with E-state index >= 15 is 0 Å². The predicted molar refractivity (Wildman–Crippen MR) is 596 cm³/mol. The Morgan fingerprint density at radius 3 is 0.900 bits per heavy atom. The Morgan fingerprint density at radius 1 is 0.187 bits per heavy atom. The van der Waals surface area contributed by atoms with Crippen molar-refractivity contribution in [3.8, 4) is 169 Å². The van der Waals surface area contributed by atoms with E-state index in [9.17, 15) is 20.4 Å². The summed E-state index contributed by atoms with van der Waals surface area (Å²) >= 11 is 6.34. The molecule has 12 nitrogen and oxygen atoms in total. The second-order valence-electron chi connectivity index (χ2n) is 33.9. The van der Waals surface area contributed by atoms with Crippen LogP contribution in [0.1, 0.15) is 0 Å². The average molecular weight is 2730 g/mol. The van der Waals surface area contributed by atoms with Crippen LogP contribution in [-0.4, -0.2) is 60.3 Å². The SMILES string of the molecule is Oc1ccccc1-c1cc(-c2ccccc2)cc(-c2[c-]c(Sc3cc(-c4ccccc4)ccn3)ccc2)n1.Oc1ccccc1-c1cc(-c2ccccc2)cc(-c2[c-]c(Sc3cc4ccccc4cn3)ccc2)n1.Oc1ccccc1-c1cc(-c2ccccc2)cc(-c2[c-]c(Sc3nccc4ccccc34)ccc2)n1.Oc1ccccc1-c1nc(-c2[c-]c(Sc3nccc4ccccc34)ccc2)ccc1-c1ccccc1.[Pt].[Pt].[Pt].[Pt]. The molecular formula is C130H86N8O4Pt4S4-4. The number of para-hydroxylation sites is 4. The van der Waals surface area contributed by atoms with Crippen molar-refractivity contribution in [2.24, 2.45) is 0 Å². The van der Waals surface area contributed by atoms with Crippen LogP contribution in [0.3, 0.4) is 0 Å². The van der Waals surface area contributed by atoms with Crippen LogP contribution in [-0.2, 0) is 84.3 Å². The fourth-order valence-corrected chi connectivity index (χ4v) is 20.5. The van der Waals surface area contributed by atoms with Gasteiger partial charge in [-0.2, -0.15) is 0 Å². The van der Waals surface area contributed by atoms with Gasteiger partial charge in [0.2, 0.25) is 0 Å². The van der Waals surface area contributed by atoms with Gasteiger partial charge in [-0.05, 0) is 186 Å². The van der Waals surface area contributed by atoms with Crippen molar-refractivity contribution < 1.29 is 105 Å². The minimum absolute atomic E-state index is 0. The fraction of sp³-hybridized carbons (Fsp3) is 0. The zero-order chi connectivity index (χ0) is 98.7. The normalized spacial score (nSPS) is 10.7. The number of hydrogen-bond donors (Lipinski definition) is 4. The van der Waals surface area contributed by atoms with Crippen LogP contribution in [0.15, 0.2) is 538 Å². The first-order valence-corrected chi connectivity index (χ1v) is 50.5. The van der Waals surface area contributed by atoms with Gasteiger partial charge < -0.3 is 20.4 Å². The molecule has 0 aliphatic carbocycles. The minimum Gasteiger partial charge on any atom is -0.507 e. The molecule has 0 amide bonds. The molecule has 20 heteroatoms. The number of fused-ring (bicyclic) bond motifs is 3. The number of rotatable bonds is 21. The van der Waals surface area contributed by atoms with Crippen molar-refractivity contribution in [1.82, 2.24) is 39.9 Å². The van der Waals surface area contributed by atoms with E-state index in [-0.39, 0.29) is 107 Å². The number of aromatic hydroxyl groups is 4. The van der Waals surface area contributed by atoms with Gasteiger partial charge in [-0.25, -0.2) is 19.9 Å². The second-order valence-corrected chi connectivity index (χ2v) is 38.1. The third-order valence-electron chi connectivity index (χ3n) is 24.2. The summed E-state index contributed by atoms with van der Waals surface area (Å²) in [7, 11) is 0. The third-order valence-corrected chi connectivity index (χ3v) is 28.0. The summed E-state index contributed by atoms with van der Waals surface area (Å²) in [4.78, 5) is 42.1. The smallest absolute Gasteiger partial charge is 0.124 e. The molecule has 0 aliphatic heterocycles. The largest absolute Gasteiger partial charge is 0.507 e. The van der Waals surface area contributed by atoms with Gasteiger partial charge in [0.25, 0.3) is 0 Å². The van der Waals surface area contributed by atoms with Gasteiger partial charge in [-0.3, -0.25) is 19.9 Å². The van der Waals surface area contributed by atoms with E-state index in [0.717, 1.165) is 178 Å². The van der Waals surface area contributed by atoms with Gasteiger partial charge in [0.05, 0.1) is 32.8 Å². The van der Waals surface area contributed by atoms with E-state index in [1.54, 1.807) is 71.3 Å². The van der Waals surface area contributed by atoms with Gasteiger partial charge in [-0.1, -0.05) is 370 Å². The molecule has 8 aromatic heterocycles. The summed E-state index contributed by atoms with van der Waals surface area (Å²) in [5, 5.41) is 52.8. The topological polar surface area (TPSA) is 184 Å². The summed E-state index contributed by atoms with van der Waals surface area (Å²) in [5.74, 6) is 0.816. The van der Waals surface area contributed by atoms with Gasteiger partial charge in [0, 0.05) is 153 Å². The van der Waals surface area contributed by atoms with Gasteiger partial charge >= 0.3 is 0 Å². The molecule has 0 saturated heterocycles. The van der Waals surface area contributed by atoms with Gasteiger partial charge in [0.1, 0.15) is 33.0 Å². The van der Waals surface area contributed by atoms with Gasteiger partial charge in [-0.15, -0.1) is 119 Å². The molecule has 0 fully saturated rings. The molecule has 8 heterocycles. The first-order valence-electron chi connectivity index (χ1n) is 47.2. The van der Waals surface area contributed by atoms with Crippen LogP contribution in [0.25, 0.3) is 178 Å². The zero-order valence-corrected chi connectivity index (χ0v) is 92.0. The molecule has 16 aromatic carbocycles. The molecule has 150 heavy (non-hydrogen) atoms. The zero-order valence-electron chi connectivity index (χ0n) is 79.6. The molecule has 0 radical (unpaired) electrons. The van der Waals surface area contributed by atoms with E-state index < -0.39 is 0 Å². The van der Waals surface area contributed by atoms with Crippen molar-refractivity contribution in [2.75, 3.05) is 0 Å². The molecule has 0 aliphatic rings. The number of phenols is 4. The summed E-state index contributed by atoms with van der Waals surface area (Å²) in [6, 6.07) is 170. The van der Waals surface area contributed by atoms with Crippen LogP contribution >= 0.6 is 47.0 Å². The second kappa shape index (κ2) is 51.2. The first-order chi connectivity index (χ1) is 72.0. The van der Waals surface area contributed by atoms with E-state index in [0.29, 0.717) is 39.3 Å². The van der Waals surface area contributed by atoms with Crippen LogP contribution in [0, 0.1) is 24.3 Å². The molecular weight excluding hydrogens is 2650 g/mol. The van der Waals surface area contributed by atoms with Crippen LogP contribution in [0.4, 0.5) is 0 Å². The van der Waals surface area contributed by atoms with E-state index in [1.165, 1.54) is 0 Å². The Hall–Kier alpha value is -15.1. The minimum atomic E-state index is 0. The van der Waals surface area contributed by atoms with Crippen molar-refractivity contribution in [2.45, 2.75) is 39.7 Å². The van der Waals surface area contributed by atoms with Crippen molar-refractivity contribution in [3.63, 3.8) is 0 Å². The maximum atomic E-state index is 10.6. The quantitative estimate of drug-likeness (QED) is 0.0498. The summed E-state index contributed by atoms with van der Waals surface area (Å²) in [6.45, 7) is 0. The van der Waals surface area contributed by atoms with Crippen LogP contribution < -0.4 is 0 Å². The summed E-state index contributed by atoms with van der Waals surface area (Å²) in [5.41, 5.74) is 23.0. The van der Waals surface area contributed by atoms with Crippen molar-refractivity contribution >= 4 is 79.4 Å². The number of hydrogen-bond acceptors (Lipinski definition) is 16. The summed E-state index contributed by atoms with van der Waals surface area (Å²) in [6.07, 6.45) is 7.44. The van der Waals surface area contributed by atoms with E-state index in [2.05, 4.69) is 178 Å². The maximum absolute atomic E-state index is 10.6. The number of benzene rings is 16. The van der Waals surface area contributed by atoms with Crippen LogP contribution in [0.5, 0.6) is 23.0 Å². The number of phenolic OH excluding ortho intramolecular Hbond substituents is 4. The molecule has 24 aromatic rings. The predicted octanol–water partition coefficient (Wildman–Crippen LogP) is 33.7. The molecule has 4 N–H and O–H groups in total. The van der Waals surface area contributed by atoms with Crippen LogP contribution in [0.2, 0.25) is 0 Å². The first kappa shape index (κ1) is 106. The van der Waals surface area contributed by atoms with E-state index in [1.807, 2.05) is 340 Å². The molecule has 0 saturated carbocycles. The number of pyridine rings is 8. The van der Waals surface area contributed by atoms with Crippen molar-refractivity contribution in [3.05, 3.63) is 522 Å². The Morgan fingerprint density at radius 2 is 0.500 bits per heavy atom. The fourth-order valence-electron chi connectivity index (χ4n) is 17.0. The third kappa shape index (κ3) is 26.0. The molecule has 0 bridgehead atoms. The Balaban J connectivity index is 0.000000135. The average Bonchev–Trinajstić information content (AvgIpc) is 0.782. The molecule has 738 valence electrons. The number of aromatic nitrogens is 8. The van der Waals surface area contributed by atoms with E-state index in [4.69, 9.17) is 19.9 Å².